The zero-order valence-electron chi connectivity index (χ0n) is 11.1. The van der Waals surface area contributed by atoms with Gasteiger partial charge < -0.3 is 5.32 Å². The summed E-state index contributed by atoms with van der Waals surface area (Å²) < 4.78 is 0.865. The first kappa shape index (κ1) is 13.2. The van der Waals surface area contributed by atoms with E-state index >= 15 is 0 Å². The fourth-order valence-corrected chi connectivity index (χ4v) is 4.02. The first-order chi connectivity index (χ1) is 9.26. The molecule has 1 unspecified atom stereocenters. The van der Waals surface area contributed by atoms with Crippen LogP contribution in [0.1, 0.15) is 34.0 Å². The van der Waals surface area contributed by atoms with Gasteiger partial charge in [0, 0.05) is 10.9 Å². The van der Waals surface area contributed by atoms with Gasteiger partial charge in [0.2, 0.25) is 0 Å². The van der Waals surface area contributed by atoms with Crippen molar-refractivity contribution in [3.8, 4) is 0 Å². The van der Waals surface area contributed by atoms with E-state index in [1.54, 1.807) is 22.5 Å². The molecule has 0 aliphatic heterocycles. The number of nitrogens with one attached hydrogen (secondary N) is 1. The first-order valence-electron chi connectivity index (χ1n) is 6.79. The summed E-state index contributed by atoms with van der Waals surface area (Å²) in [5.41, 5.74) is 4.52. The molecular weight excluding hydrogens is 274 g/mol. The van der Waals surface area contributed by atoms with Crippen LogP contribution in [0.3, 0.4) is 0 Å². The molecule has 1 aromatic heterocycles. The minimum absolute atomic E-state index is 0.358. The van der Waals surface area contributed by atoms with E-state index in [-0.39, 0.29) is 0 Å². The third-order valence-corrected chi connectivity index (χ3v) is 5.23. The van der Waals surface area contributed by atoms with Crippen molar-refractivity contribution in [1.82, 2.24) is 5.32 Å². The molecule has 0 amide bonds. The largest absolute Gasteiger partial charge is 0.312 e. The minimum Gasteiger partial charge on any atom is -0.312 e. The van der Waals surface area contributed by atoms with Gasteiger partial charge in [-0.1, -0.05) is 29.8 Å². The molecule has 3 heteroatoms. The molecule has 2 aromatic rings. The number of hydrogen-bond acceptors (Lipinski definition) is 2. The maximum atomic E-state index is 6.03. The summed E-state index contributed by atoms with van der Waals surface area (Å²) >= 11 is 7.70. The van der Waals surface area contributed by atoms with Crippen molar-refractivity contribution in [2.45, 2.75) is 31.7 Å². The average molecular weight is 292 g/mol. The molecule has 1 heterocycles. The fraction of sp³-hybridized carbons (Fsp3) is 0.375. The van der Waals surface area contributed by atoms with Crippen LogP contribution in [-0.4, -0.2) is 7.05 Å². The zero-order chi connectivity index (χ0) is 13.2. The Labute approximate surface area is 123 Å². The van der Waals surface area contributed by atoms with Crippen LogP contribution in [0.15, 0.2) is 30.3 Å². The Bertz CT molecular complexity index is 576. The maximum absolute atomic E-state index is 6.03. The van der Waals surface area contributed by atoms with Crippen molar-refractivity contribution >= 4 is 22.9 Å². The van der Waals surface area contributed by atoms with E-state index in [1.165, 1.54) is 29.7 Å². The van der Waals surface area contributed by atoms with Crippen LogP contribution in [0, 0.1) is 0 Å². The lowest BCUT2D eigenvalue weighted by atomic mass is 10.0. The molecule has 0 bridgehead atoms. The lowest BCUT2D eigenvalue weighted by Crippen LogP contribution is -2.17. The molecule has 19 heavy (non-hydrogen) atoms. The van der Waals surface area contributed by atoms with Gasteiger partial charge in [0.1, 0.15) is 0 Å². The number of fused-ring (bicyclic) bond motifs is 1. The van der Waals surface area contributed by atoms with Gasteiger partial charge in [-0.05, 0) is 61.6 Å². The SMILES string of the molecule is CNC(Cc1ccc2c(c1)CCC2)c1ccc(Cl)s1. The molecule has 0 radical (unpaired) electrons. The Morgan fingerprint density at radius 1 is 1.21 bits per heavy atom. The lowest BCUT2D eigenvalue weighted by molar-refractivity contribution is 0.602. The first-order valence-corrected chi connectivity index (χ1v) is 7.99. The van der Waals surface area contributed by atoms with Gasteiger partial charge in [-0.15, -0.1) is 11.3 Å². The summed E-state index contributed by atoms with van der Waals surface area (Å²) in [6, 6.07) is 11.4. The van der Waals surface area contributed by atoms with Crippen LogP contribution in [0.4, 0.5) is 0 Å². The van der Waals surface area contributed by atoms with Gasteiger partial charge in [-0.3, -0.25) is 0 Å². The van der Waals surface area contributed by atoms with E-state index in [0.717, 1.165) is 10.8 Å². The molecule has 1 nitrogen and oxygen atoms in total. The van der Waals surface area contributed by atoms with E-state index in [1.807, 2.05) is 13.1 Å². The highest BCUT2D eigenvalue weighted by Gasteiger charge is 2.15. The van der Waals surface area contributed by atoms with Gasteiger partial charge in [-0.25, -0.2) is 0 Å². The van der Waals surface area contributed by atoms with Crippen molar-refractivity contribution in [3.63, 3.8) is 0 Å². The number of likely N-dealkylation sites (N-methyl/N-ethyl adjacent to an activating group) is 1. The summed E-state index contributed by atoms with van der Waals surface area (Å²) in [6.45, 7) is 0. The van der Waals surface area contributed by atoms with Gasteiger partial charge in [0.15, 0.2) is 0 Å². The fourth-order valence-electron chi connectivity index (χ4n) is 2.85. The quantitative estimate of drug-likeness (QED) is 0.881. The Morgan fingerprint density at radius 3 is 2.79 bits per heavy atom. The molecule has 100 valence electrons. The maximum Gasteiger partial charge on any atom is 0.0931 e. The summed E-state index contributed by atoms with van der Waals surface area (Å²) in [6.07, 6.45) is 4.85. The second-order valence-electron chi connectivity index (χ2n) is 5.14. The Hall–Kier alpha value is -0.830. The van der Waals surface area contributed by atoms with E-state index in [4.69, 9.17) is 11.6 Å². The van der Waals surface area contributed by atoms with Crippen LogP contribution in [-0.2, 0) is 19.3 Å². The third kappa shape index (κ3) is 2.86. The normalized spacial score (nSPS) is 15.5. The van der Waals surface area contributed by atoms with Gasteiger partial charge >= 0.3 is 0 Å². The van der Waals surface area contributed by atoms with E-state index < -0.39 is 0 Å². The zero-order valence-corrected chi connectivity index (χ0v) is 12.7. The molecule has 1 aliphatic rings. The molecule has 1 N–H and O–H groups in total. The summed E-state index contributed by atoms with van der Waals surface area (Å²) in [4.78, 5) is 1.31. The minimum atomic E-state index is 0.358. The molecular formula is C16H18ClNS. The molecule has 0 spiro atoms. The summed E-state index contributed by atoms with van der Waals surface area (Å²) in [5, 5.41) is 3.40. The van der Waals surface area contributed by atoms with Crippen LogP contribution in [0.25, 0.3) is 0 Å². The van der Waals surface area contributed by atoms with Gasteiger partial charge in [0.25, 0.3) is 0 Å². The van der Waals surface area contributed by atoms with Crippen LogP contribution in [0.2, 0.25) is 4.34 Å². The Morgan fingerprint density at radius 2 is 2.05 bits per heavy atom. The predicted molar refractivity (Wildman–Crippen MR) is 83.3 cm³/mol. The molecule has 0 saturated carbocycles. The Kier molecular flexibility index (Phi) is 3.92. The molecule has 3 rings (SSSR count). The molecule has 0 saturated heterocycles. The van der Waals surface area contributed by atoms with Crippen LogP contribution < -0.4 is 5.32 Å². The molecule has 1 atom stereocenters. The summed E-state index contributed by atoms with van der Waals surface area (Å²) in [5.74, 6) is 0. The average Bonchev–Trinajstić information content (AvgIpc) is 3.04. The van der Waals surface area contributed by atoms with Crippen molar-refractivity contribution < 1.29 is 0 Å². The van der Waals surface area contributed by atoms with Crippen LogP contribution >= 0.6 is 22.9 Å². The van der Waals surface area contributed by atoms with Crippen LogP contribution in [0.5, 0.6) is 0 Å². The molecule has 0 fully saturated rings. The standard InChI is InChI=1S/C16H18ClNS/c1-18-14(15-7-8-16(17)19-15)10-11-5-6-12-3-2-4-13(12)9-11/h5-9,14,18H,2-4,10H2,1H3. The highest BCUT2D eigenvalue weighted by molar-refractivity contribution is 7.16. The highest BCUT2D eigenvalue weighted by Crippen LogP contribution is 2.30. The van der Waals surface area contributed by atoms with E-state index in [0.29, 0.717) is 6.04 Å². The summed E-state index contributed by atoms with van der Waals surface area (Å²) in [7, 11) is 2.02. The molecule has 1 aliphatic carbocycles. The topological polar surface area (TPSA) is 12.0 Å². The predicted octanol–water partition coefficient (Wildman–Crippen LogP) is 4.39. The second-order valence-corrected chi connectivity index (χ2v) is 6.89. The van der Waals surface area contributed by atoms with Crippen molar-refractivity contribution in [2.75, 3.05) is 7.05 Å². The van der Waals surface area contributed by atoms with E-state index in [2.05, 4.69) is 29.6 Å². The lowest BCUT2D eigenvalue weighted by Gasteiger charge is -2.15. The third-order valence-electron chi connectivity index (χ3n) is 3.89. The van der Waals surface area contributed by atoms with Crippen molar-refractivity contribution in [3.05, 3.63) is 56.2 Å². The van der Waals surface area contributed by atoms with Crippen molar-refractivity contribution in [1.29, 1.82) is 0 Å². The number of rotatable bonds is 4. The van der Waals surface area contributed by atoms with Gasteiger partial charge in [0.05, 0.1) is 4.34 Å². The number of thiophene rings is 1. The number of halogens is 1. The molecule has 1 aromatic carbocycles. The Balaban J connectivity index is 1.79. The highest BCUT2D eigenvalue weighted by atomic mass is 35.5. The smallest absolute Gasteiger partial charge is 0.0931 e. The number of benzene rings is 1. The van der Waals surface area contributed by atoms with Gasteiger partial charge in [-0.2, -0.15) is 0 Å². The number of hydrogen-bond donors (Lipinski definition) is 1. The number of aryl methyl sites for hydroxylation is 2. The second kappa shape index (κ2) is 5.66. The van der Waals surface area contributed by atoms with E-state index in [9.17, 15) is 0 Å². The monoisotopic (exact) mass is 291 g/mol. The van der Waals surface area contributed by atoms with Crippen molar-refractivity contribution in [2.24, 2.45) is 0 Å².